The molecule has 2 aromatic heterocycles. The van der Waals surface area contributed by atoms with Crippen LogP contribution in [0.1, 0.15) is 44.0 Å². The number of methoxy groups -OCH3 is 1. The molecular weight excluding hydrogens is 360 g/mol. The number of carbonyl (C=O) groups is 3. The van der Waals surface area contributed by atoms with Crippen LogP contribution in [0.5, 0.6) is 0 Å². The smallest absolute Gasteiger partial charge is 0.341 e. The van der Waals surface area contributed by atoms with Crippen molar-refractivity contribution in [1.29, 1.82) is 0 Å². The van der Waals surface area contributed by atoms with E-state index in [1.54, 1.807) is 11.4 Å². The average Bonchev–Trinajstić information content (AvgIpc) is 3.20. The molecule has 2 amide bonds. The van der Waals surface area contributed by atoms with E-state index in [1.165, 1.54) is 29.8 Å². The zero-order valence-corrected chi connectivity index (χ0v) is 15.9. The fraction of sp³-hybridized carbons (Fsp3) is 0.353. The van der Waals surface area contributed by atoms with Crippen LogP contribution in [-0.4, -0.2) is 31.4 Å². The number of aryl methyl sites for hydroxylation is 1. The minimum atomic E-state index is -0.458. The van der Waals surface area contributed by atoms with E-state index in [9.17, 15) is 14.4 Å². The van der Waals surface area contributed by atoms with Gasteiger partial charge in [0.1, 0.15) is 5.00 Å². The molecule has 2 aromatic rings. The Balaban J connectivity index is 1.84. The Kier molecular flexibility index (Phi) is 6.72. The summed E-state index contributed by atoms with van der Waals surface area (Å²) >= 11 is 2.81. The first-order valence-corrected chi connectivity index (χ1v) is 9.48. The lowest BCUT2D eigenvalue weighted by molar-refractivity contribution is -0.116. The number of rotatable bonds is 7. The molecule has 8 heteroatoms. The molecule has 0 aliphatic heterocycles. The van der Waals surface area contributed by atoms with Gasteiger partial charge in [-0.2, -0.15) is 11.3 Å². The van der Waals surface area contributed by atoms with E-state index in [2.05, 4.69) is 10.6 Å². The molecule has 6 nitrogen and oxygen atoms in total. The lowest BCUT2D eigenvalue weighted by Crippen LogP contribution is -2.25. The second-order valence-corrected chi connectivity index (χ2v) is 7.40. The van der Waals surface area contributed by atoms with Crippen LogP contribution in [-0.2, 0) is 9.53 Å². The van der Waals surface area contributed by atoms with Gasteiger partial charge in [-0.15, -0.1) is 11.3 Å². The van der Waals surface area contributed by atoms with Crippen molar-refractivity contribution < 1.29 is 19.1 Å². The van der Waals surface area contributed by atoms with Crippen molar-refractivity contribution in [2.45, 2.75) is 26.7 Å². The Morgan fingerprint density at radius 2 is 2.00 bits per heavy atom. The number of esters is 1. The summed E-state index contributed by atoms with van der Waals surface area (Å²) in [4.78, 5) is 36.7. The van der Waals surface area contributed by atoms with Gasteiger partial charge >= 0.3 is 5.97 Å². The van der Waals surface area contributed by atoms with Crippen LogP contribution in [0.4, 0.5) is 5.00 Å². The Labute approximate surface area is 154 Å². The summed E-state index contributed by atoms with van der Waals surface area (Å²) in [6.45, 7) is 4.13. The predicted molar refractivity (Wildman–Crippen MR) is 99.6 cm³/mol. The highest BCUT2D eigenvalue weighted by atomic mass is 32.1. The molecule has 0 fully saturated rings. The number of anilines is 1. The topological polar surface area (TPSA) is 84.5 Å². The first-order valence-electron chi connectivity index (χ1n) is 7.72. The number of ether oxygens (including phenoxy) is 1. The van der Waals surface area contributed by atoms with Crippen molar-refractivity contribution >= 4 is 45.5 Å². The molecule has 0 saturated heterocycles. The number of hydrogen-bond acceptors (Lipinski definition) is 6. The third-order valence-electron chi connectivity index (χ3n) is 3.68. The molecule has 0 bridgehead atoms. The van der Waals surface area contributed by atoms with Gasteiger partial charge in [-0.1, -0.05) is 0 Å². The van der Waals surface area contributed by atoms with Crippen LogP contribution in [0, 0.1) is 13.8 Å². The molecule has 0 atom stereocenters. The molecule has 0 spiro atoms. The zero-order valence-electron chi connectivity index (χ0n) is 14.3. The minimum absolute atomic E-state index is 0.140. The highest BCUT2D eigenvalue weighted by Gasteiger charge is 2.21. The molecule has 0 aliphatic carbocycles. The molecule has 0 unspecified atom stereocenters. The van der Waals surface area contributed by atoms with E-state index in [-0.39, 0.29) is 18.2 Å². The van der Waals surface area contributed by atoms with Crippen molar-refractivity contribution in [3.05, 3.63) is 38.4 Å². The molecule has 2 N–H and O–H groups in total. The Bertz CT molecular complexity index is 766. The van der Waals surface area contributed by atoms with E-state index in [0.29, 0.717) is 29.1 Å². The molecule has 25 heavy (non-hydrogen) atoms. The lowest BCUT2D eigenvalue weighted by Gasteiger charge is -2.07. The van der Waals surface area contributed by atoms with Crippen molar-refractivity contribution in [1.82, 2.24) is 5.32 Å². The summed E-state index contributed by atoms with van der Waals surface area (Å²) in [7, 11) is 1.32. The van der Waals surface area contributed by atoms with Crippen LogP contribution >= 0.6 is 22.7 Å². The predicted octanol–water partition coefficient (Wildman–Crippen LogP) is 3.36. The molecule has 2 heterocycles. The number of carbonyl (C=O) groups excluding carboxylic acids is 3. The Hall–Kier alpha value is -2.19. The van der Waals surface area contributed by atoms with E-state index < -0.39 is 5.97 Å². The van der Waals surface area contributed by atoms with Crippen molar-refractivity contribution in [2.75, 3.05) is 19.0 Å². The summed E-state index contributed by atoms with van der Waals surface area (Å²) in [5, 5.41) is 9.67. The summed E-state index contributed by atoms with van der Waals surface area (Å²) < 4.78 is 4.78. The fourth-order valence-corrected chi connectivity index (χ4v) is 3.90. The lowest BCUT2D eigenvalue weighted by atomic mass is 10.1. The molecule has 0 aromatic carbocycles. The van der Waals surface area contributed by atoms with Crippen LogP contribution in [0.2, 0.25) is 0 Å². The van der Waals surface area contributed by atoms with Gasteiger partial charge < -0.3 is 15.4 Å². The second kappa shape index (κ2) is 8.77. The van der Waals surface area contributed by atoms with Gasteiger partial charge in [-0.05, 0) is 37.3 Å². The fourth-order valence-electron chi connectivity index (χ4n) is 2.20. The van der Waals surface area contributed by atoms with Crippen LogP contribution in [0.15, 0.2) is 16.8 Å². The van der Waals surface area contributed by atoms with E-state index in [4.69, 9.17) is 4.74 Å². The molecule has 134 valence electrons. The van der Waals surface area contributed by atoms with E-state index >= 15 is 0 Å². The highest BCUT2D eigenvalue weighted by Crippen LogP contribution is 2.33. The van der Waals surface area contributed by atoms with Crippen LogP contribution in [0.25, 0.3) is 0 Å². The van der Waals surface area contributed by atoms with Gasteiger partial charge in [0.15, 0.2) is 0 Å². The second-order valence-electron chi connectivity index (χ2n) is 5.40. The van der Waals surface area contributed by atoms with Crippen molar-refractivity contribution in [3.8, 4) is 0 Å². The van der Waals surface area contributed by atoms with Gasteiger partial charge in [-0.3, -0.25) is 9.59 Å². The monoisotopic (exact) mass is 380 g/mol. The standard InChI is InChI=1S/C17H20N2O4S2/c1-10-11(2)25-16(14(10)17(22)23-3)19-13(20)5-4-7-18-15(21)12-6-8-24-9-12/h6,8-9H,4-5,7H2,1-3H3,(H,18,21)(H,19,20). The zero-order chi connectivity index (χ0) is 18.4. The Morgan fingerprint density at radius 3 is 2.64 bits per heavy atom. The largest absolute Gasteiger partial charge is 0.465 e. The minimum Gasteiger partial charge on any atom is -0.465 e. The van der Waals surface area contributed by atoms with Crippen LogP contribution < -0.4 is 10.6 Å². The van der Waals surface area contributed by atoms with Gasteiger partial charge in [0, 0.05) is 28.8 Å². The third-order valence-corrected chi connectivity index (χ3v) is 5.48. The van der Waals surface area contributed by atoms with Gasteiger partial charge in [0.05, 0.1) is 12.7 Å². The molecule has 0 aliphatic rings. The average molecular weight is 380 g/mol. The summed E-state index contributed by atoms with van der Waals surface area (Å²) in [6.07, 6.45) is 0.763. The third kappa shape index (κ3) is 4.90. The number of nitrogens with one attached hydrogen (secondary N) is 2. The quantitative estimate of drug-likeness (QED) is 0.570. The van der Waals surface area contributed by atoms with Crippen molar-refractivity contribution in [3.63, 3.8) is 0 Å². The summed E-state index contributed by atoms with van der Waals surface area (Å²) in [5.74, 6) is -0.796. The summed E-state index contributed by atoms with van der Waals surface area (Å²) in [5.41, 5.74) is 1.85. The normalized spacial score (nSPS) is 10.4. The molecular formula is C17H20N2O4S2. The molecule has 2 rings (SSSR count). The van der Waals surface area contributed by atoms with Gasteiger partial charge in [0.25, 0.3) is 5.91 Å². The van der Waals surface area contributed by atoms with E-state index in [0.717, 1.165) is 10.4 Å². The number of thiophene rings is 2. The highest BCUT2D eigenvalue weighted by molar-refractivity contribution is 7.16. The molecule has 0 radical (unpaired) electrons. The first kappa shape index (κ1) is 19.1. The SMILES string of the molecule is COC(=O)c1c(NC(=O)CCCNC(=O)c2ccsc2)sc(C)c1C. The number of hydrogen-bond donors (Lipinski definition) is 2. The van der Waals surface area contributed by atoms with Crippen molar-refractivity contribution in [2.24, 2.45) is 0 Å². The Morgan fingerprint density at radius 1 is 1.24 bits per heavy atom. The molecule has 0 saturated carbocycles. The van der Waals surface area contributed by atoms with Gasteiger partial charge in [-0.25, -0.2) is 4.79 Å². The maximum Gasteiger partial charge on any atom is 0.341 e. The number of amides is 2. The maximum absolute atomic E-state index is 12.1. The van der Waals surface area contributed by atoms with Crippen LogP contribution in [0.3, 0.4) is 0 Å². The maximum atomic E-state index is 12.1. The summed E-state index contributed by atoms with van der Waals surface area (Å²) in [6, 6.07) is 1.75. The first-order chi connectivity index (χ1) is 11.9. The van der Waals surface area contributed by atoms with E-state index in [1.807, 2.05) is 19.2 Å². The van der Waals surface area contributed by atoms with Gasteiger partial charge in [0.2, 0.25) is 5.91 Å².